The van der Waals surface area contributed by atoms with E-state index in [1.54, 1.807) is 0 Å². The minimum Gasteiger partial charge on any atom is -0.389 e. The molecule has 1 N–H and O–H groups in total. The number of nitrogens with zero attached hydrogens (tertiary/aromatic N) is 1. The lowest BCUT2D eigenvalue weighted by Gasteiger charge is -2.36. The number of likely N-dealkylation sites (tertiary alicyclic amines) is 1. The van der Waals surface area contributed by atoms with Crippen molar-refractivity contribution in [1.29, 1.82) is 0 Å². The minimum absolute atomic E-state index is 0.349. The lowest BCUT2D eigenvalue weighted by molar-refractivity contribution is -0.0661. The van der Waals surface area contributed by atoms with Gasteiger partial charge >= 0.3 is 0 Å². The Bertz CT molecular complexity index is 298. The average Bonchev–Trinajstić information content (AvgIpc) is 2.25. The first-order chi connectivity index (χ1) is 8.82. The standard InChI is InChI=1S/C16H29NO2/c1-6-7-16(4,5)19-12-15(18)11-17-9-13(2)8-14(3)10-17/h1,13-15,18H,7-12H2,2-5H3/t13-,14+,15-/m1/s1. The van der Waals surface area contributed by atoms with Gasteiger partial charge in [0.1, 0.15) is 0 Å². The lowest BCUT2D eigenvalue weighted by Crippen LogP contribution is -2.44. The first-order valence-electron chi connectivity index (χ1n) is 7.30. The molecule has 0 aromatic heterocycles. The second kappa shape index (κ2) is 7.28. The Balaban J connectivity index is 2.31. The SMILES string of the molecule is C#CCC(C)(C)OC[C@H](O)CN1C[C@H](C)C[C@H](C)C1. The van der Waals surface area contributed by atoms with Crippen molar-refractivity contribution in [1.82, 2.24) is 4.90 Å². The summed E-state index contributed by atoms with van der Waals surface area (Å²) in [7, 11) is 0. The van der Waals surface area contributed by atoms with E-state index in [1.807, 2.05) is 13.8 Å². The van der Waals surface area contributed by atoms with E-state index in [1.165, 1.54) is 6.42 Å². The van der Waals surface area contributed by atoms with Gasteiger partial charge in [-0.2, -0.15) is 0 Å². The van der Waals surface area contributed by atoms with E-state index in [2.05, 4.69) is 24.7 Å². The molecule has 0 unspecified atom stereocenters. The number of rotatable bonds is 6. The maximum atomic E-state index is 10.1. The van der Waals surface area contributed by atoms with Crippen molar-refractivity contribution in [2.24, 2.45) is 11.8 Å². The molecule has 110 valence electrons. The molecule has 3 atom stereocenters. The number of ether oxygens (including phenoxy) is 1. The Kier molecular flexibility index (Phi) is 6.32. The maximum Gasteiger partial charge on any atom is 0.0900 e. The van der Waals surface area contributed by atoms with Gasteiger partial charge in [0.25, 0.3) is 0 Å². The molecule has 3 heteroatoms. The van der Waals surface area contributed by atoms with Crippen molar-refractivity contribution in [3.05, 3.63) is 0 Å². The summed E-state index contributed by atoms with van der Waals surface area (Å²) in [6.07, 6.45) is 6.72. The van der Waals surface area contributed by atoms with Crippen LogP contribution in [0.1, 0.15) is 40.5 Å². The zero-order valence-corrected chi connectivity index (χ0v) is 12.9. The molecule has 0 radical (unpaired) electrons. The molecule has 1 fully saturated rings. The number of hydrogen-bond acceptors (Lipinski definition) is 3. The summed E-state index contributed by atoms with van der Waals surface area (Å²) in [6.45, 7) is 11.7. The van der Waals surface area contributed by atoms with Crippen molar-refractivity contribution < 1.29 is 9.84 Å². The molecule has 19 heavy (non-hydrogen) atoms. The van der Waals surface area contributed by atoms with E-state index in [4.69, 9.17) is 11.2 Å². The third kappa shape index (κ3) is 6.42. The molecule has 1 aliphatic heterocycles. The molecule has 0 aromatic carbocycles. The fraction of sp³-hybridized carbons (Fsp3) is 0.875. The second-order valence-electron chi connectivity index (χ2n) is 6.77. The topological polar surface area (TPSA) is 32.7 Å². The summed E-state index contributed by atoms with van der Waals surface area (Å²) in [4.78, 5) is 2.35. The number of aliphatic hydroxyl groups is 1. The molecule has 0 bridgehead atoms. The van der Waals surface area contributed by atoms with Crippen LogP contribution < -0.4 is 0 Å². The number of piperidine rings is 1. The molecule has 1 saturated heterocycles. The molecule has 3 nitrogen and oxygen atoms in total. The van der Waals surface area contributed by atoms with Crippen LogP contribution >= 0.6 is 0 Å². The normalized spacial score (nSPS) is 26.9. The van der Waals surface area contributed by atoms with E-state index in [-0.39, 0.29) is 5.60 Å². The maximum absolute atomic E-state index is 10.1. The molecule has 0 spiro atoms. The highest BCUT2D eigenvalue weighted by atomic mass is 16.5. The van der Waals surface area contributed by atoms with E-state index in [0.29, 0.717) is 19.6 Å². The Labute approximate surface area is 118 Å². The predicted octanol–water partition coefficient (Wildman–Crippen LogP) is 2.14. The Morgan fingerprint density at radius 2 is 1.95 bits per heavy atom. The Hall–Kier alpha value is -0.560. The van der Waals surface area contributed by atoms with Crippen LogP contribution in [-0.2, 0) is 4.74 Å². The third-order valence-corrected chi connectivity index (χ3v) is 3.61. The molecular formula is C16H29NO2. The molecule has 0 amide bonds. The summed E-state index contributed by atoms with van der Waals surface area (Å²) in [5.41, 5.74) is -0.349. The van der Waals surface area contributed by atoms with E-state index >= 15 is 0 Å². The molecule has 0 aromatic rings. The average molecular weight is 267 g/mol. The van der Waals surface area contributed by atoms with Crippen LogP contribution in [0.4, 0.5) is 0 Å². The molecule has 1 aliphatic rings. The Morgan fingerprint density at radius 1 is 1.37 bits per heavy atom. The molecule has 0 saturated carbocycles. The van der Waals surface area contributed by atoms with Gasteiger partial charge < -0.3 is 14.7 Å². The van der Waals surface area contributed by atoms with Gasteiger partial charge in [-0.3, -0.25) is 0 Å². The molecule has 1 heterocycles. The van der Waals surface area contributed by atoms with Crippen LogP contribution in [0.3, 0.4) is 0 Å². The fourth-order valence-electron chi connectivity index (χ4n) is 2.91. The quantitative estimate of drug-likeness (QED) is 0.749. The van der Waals surface area contributed by atoms with Crippen molar-refractivity contribution in [2.45, 2.75) is 52.2 Å². The van der Waals surface area contributed by atoms with E-state index in [9.17, 15) is 5.11 Å². The van der Waals surface area contributed by atoms with Crippen LogP contribution in [0, 0.1) is 24.2 Å². The largest absolute Gasteiger partial charge is 0.389 e. The number of terminal acetylenes is 1. The van der Waals surface area contributed by atoms with Gasteiger partial charge in [-0.25, -0.2) is 0 Å². The monoisotopic (exact) mass is 267 g/mol. The highest BCUT2D eigenvalue weighted by Crippen LogP contribution is 2.21. The van der Waals surface area contributed by atoms with Gasteiger partial charge in [0.2, 0.25) is 0 Å². The second-order valence-corrected chi connectivity index (χ2v) is 6.77. The van der Waals surface area contributed by atoms with Crippen LogP contribution in [-0.4, -0.2) is 48.0 Å². The zero-order valence-electron chi connectivity index (χ0n) is 12.9. The van der Waals surface area contributed by atoms with Gasteiger partial charge in [-0.1, -0.05) is 13.8 Å². The van der Waals surface area contributed by atoms with Crippen molar-refractivity contribution >= 4 is 0 Å². The summed E-state index contributed by atoms with van der Waals surface area (Å²) in [5.74, 6) is 4.04. The predicted molar refractivity (Wildman–Crippen MR) is 78.9 cm³/mol. The van der Waals surface area contributed by atoms with Crippen LogP contribution in [0.5, 0.6) is 0 Å². The number of β-amino-alcohol motifs (C(OH)–C–C–N with tert-alkyl or cyclic N) is 1. The smallest absolute Gasteiger partial charge is 0.0900 e. The Morgan fingerprint density at radius 3 is 2.47 bits per heavy atom. The molecule has 0 aliphatic carbocycles. The van der Waals surface area contributed by atoms with Crippen molar-refractivity contribution in [3.8, 4) is 12.3 Å². The van der Waals surface area contributed by atoms with E-state index < -0.39 is 6.10 Å². The number of hydrogen-bond donors (Lipinski definition) is 1. The minimum atomic E-state index is -0.436. The lowest BCUT2D eigenvalue weighted by atomic mass is 9.92. The van der Waals surface area contributed by atoms with Gasteiger partial charge in [-0.05, 0) is 32.1 Å². The zero-order chi connectivity index (χ0) is 14.5. The first kappa shape index (κ1) is 16.5. The van der Waals surface area contributed by atoms with Gasteiger partial charge in [0.15, 0.2) is 0 Å². The van der Waals surface area contributed by atoms with Crippen molar-refractivity contribution in [2.75, 3.05) is 26.2 Å². The summed E-state index contributed by atoms with van der Waals surface area (Å²) < 4.78 is 5.71. The summed E-state index contributed by atoms with van der Waals surface area (Å²) in [5, 5.41) is 10.1. The highest BCUT2D eigenvalue weighted by Gasteiger charge is 2.24. The molecular weight excluding hydrogens is 238 g/mol. The van der Waals surface area contributed by atoms with Gasteiger partial charge in [0, 0.05) is 26.1 Å². The van der Waals surface area contributed by atoms with Crippen LogP contribution in [0.15, 0.2) is 0 Å². The van der Waals surface area contributed by atoms with E-state index in [0.717, 1.165) is 24.9 Å². The van der Waals surface area contributed by atoms with Gasteiger partial charge in [0.05, 0.1) is 18.3 Å². The summed E-state index contributed by atoms with van der Waals surface area (Å²) >= 11 is 0. The van der Waals surface area contributed by atoms with Crippen LogP contribution in [0.25, 0.3) is 0 Å². The molecule has 1 rings (SSSR count). The third-order valence-electron chi connectivity index (χ3n) is 3.61. The highest BCUT2D eigenvalue weighted by molar-refractivity contribution is 4.92. The van der Waals surface area contributed by atoms with Gasteiger partial charge in [-0.15, -0.1) is 12.3 Å². The number of aliphatic hydroxyl groups excluding tert-OH is 1. The summed E-state index contributed by atoms with van der Waals surface area (Å²) in [6, 6.07) is 0. The fourth-order valence-corrected chi connectivity index (χ4v) is 2.91. The van der Waals surface area contributed by atoms with Crippen LogP contribution in [0.2, 0.25) is 0 Å². The first-order valence-corrected chi connectivity index (χ1v) is 7.30. The van der Waals surface area contributed by atoms with Crippen molar-refractivity contribution in [3.63, 3.8) is 0 Å².